The minimum atomic E-state index is -2.10. The van der Waals surface area contributed by atoms with Crippen molar-refractivity contribution in [3.05, 3.63) is 58.5 Å². The smallest absolute Gasteiger partial charge is 0.330 e. The topological polar surface area (TPSA) is 137 Å². The molecule has 2 aromatic heterocycles. The van der Waals surface area contributed by atoms with E-state index in [2.05, 4.69) is 23.1 Å². The zero-order valence-electron chi connectivity index (χ0n) is 31.2. The quantitative estimate of drug-likeness (QED) is 0.0547. The third kappa shape index (κ3) is 15.2. The fourth-order valence-corrected chi connectivity index (χ4v) is 7.77. The number of hydrogen-bond donors (Lipinski definition) is 2. The summed E-state index contributed by atoms with van der Waals surface area (Å²) in [6.45, 7) is 3.06. The Kier molecular flexibility index (Phi) is 20.3. The van der Waals surface area contributed by atoms with E-state index in [9.17, 15) is 10.2 Å². The number of aromatic nitrogens is 3. The number of hydrogen-bond acceptors (Lipinski definition) is 9. The molecule has 0 radical (unpaired) electrons. The lowest BCUT2D eigenvalue weighted by Gasteiger charge is -2.20. The maximum atomic E-state index is 10.6. The second-order valence-electron chi connectivity index (χ2n) is 14.2. The highest BCUT2D eigenvalue weighted by atomic mass is 35.5. The number of nitrogens with zero attached hydrogens (tertiary/aromatic N) is 4. The highest BCUT2D eigenvalue weighted by molar-refractivity contribution is 7.40. The summed E-state index contributed by atoms with van der Waals surface area (Å²) in [6.07, 6.45) is 26.0. The Morgan fingerprint density at radius 3 is 2.23 bits per heavy atom. The standard InChI is InChI=1S/C40H61ClN5O5P/c1-2-3-4-5-6-7-8-9-10-11-12-13-14-15-16-17-18-19-34(48-28-32-20-21-33(27-42)36(41)26-32)29-49-52(47)50-30-35-22-25-39(51-35)37-23-24-38-40(43)44-31-45-46(37)38/h20-21,23-24,26,31,34-35,39,47H,2-19,22,25,28-30H2,1H3,(H2,43,44,45). The number of anilines is 1. The minimum absolute atomic E-state index is 0.144. The molecule has 1 fully saturated rings. The van der Waals surface area contributed by atoms with Gasteiger partial charge in [-0.05, 0) is 49.1 Å². The monoisotopic (exact) mass is 757 g/mol. The molecule has 4 rings (SSSR count). The van der Waals surface area contributed by atoms with Gasteiger partial charge >= 0.3 is 8.60 Å². The molecule has 288 valence electrons. The summed E-state index contributed by atoms with van der Waals surface area (Å²) in [7, 11) is -2.10. The summed E-state index contributed by atoms with van der Waals surface area (Å²) in [5.74, 6) is 0.426. The van der Waals surface area contributed by atoms with Crippen LogP contribution in [0.2, 0.25) is 5.02 Å². The van der Waals surface area contributed by atoms with Crippen LogP contribution in [0.15, 0.2) is 36.7 Å². The first-order chi connectivity index (χ1) is 25.5. The molecule has 52 heavy (non-hydrogen) atoms. The van der Waals surface area contributed by atoms with Gasteiger partial charge in [-0.25, -0.2) is 9.50 Å². The van der Waals surface area contributed by atoms with Gasteiger partial charge in [0.2, 0.25) is 0 Å². The number of nitriles is 1. The third-order valence-electron chi connectivity index (χ3n) is 9.96. The Balaban J connectivity index is 1.10. The van der Waals surface area contributed by atoms with Gasteiger partial charge in [0.15, 0.2) is 5.82 Å². The van der Waals surface area contributed by atoms with Gasteiger partial charge in [0.05, 0.1) is 48.3 Å². The Bertz CT molecular complexity index is 1470. The van der Waals surface area contributed by atoms with E-state index in [0.29, 0.717) is 23.0 Å². The molecule has 3 N–H and O–H groups in total. The molecule has 0 bridgehead atoms. The molecular formula is C40H61ClN5O5P. The van der Waals surface area contributed by atoms with Crippen molar-refractivity contribution in [1.82, 2.24) is 14.6 Å². The summed E-state index contributed by atoms with van der Waals surface area (Å²) < 4.78 is 25.7. The number of unbranched alkanes of at least 4 members (excludes halogenated alkanes) is 16. The lowest BCUT2D eigenvalue weighted by Crippen LogP contribution is -2.20. The number of nitrogens with two attached hydrogens (primary N) is 1. The van der Waals surface area contributed by atoms with Crippen molar-refractivity contribution in [3.8, 4) is 6.07 Å². The first-order valence-electron chi connectivity index (χ1n) is 19.8. The van der Waals surface area contributed by atoms with Gasteiger partial charge in [-0.3, -0.25) is 0 Å². The third-order valence-corrected chi connectivity index (χ3v) is 11.0. The zero-order chi connectivity index (χ0) is 36.8. The molecule has 12 heteroatoms. The average Bonchev–Trinajstić information content (AvgIpc) is 3.81. The first kappa shape index (κ1) is 42.4. The molecule has 0 aliphatic carbocycles. The molecule has 0 saturated carbocycles. The number of fused-ring (bicyclic) bond motifs is 1. The Hall–Kier alpha value is -2.35. The molecule has 4 atom stereocenters. The summed E-state index contributed by atoms with van der Waals surface area (Å²) in [6, 6.07) is 11.3. The van der Waals surface area contributed by atoms with Crippen LogP contribution in [0.25, 0.3) is 5.52 Å². The number of ether oxygens (including phenoxy) is 2. The molecule has 1 aromatic carbocycles. The molecule has 10 nitrogen and oxygen atoms in total. The molecule has 0 amide bonds. The number of nitrogen functional groups attached to an aromatic ring is 1. The molecule has 1 aliphatic heterocycles. The van der Waals surface area contributed by atoms with E-state index >= 15 is 0 Å². The summed E-state index contributed by atoms with van der Waals surface area (Å²) in [5.41, 5.74) is 8.98. The highest BCUT2D eigenvalue weighted by Gasteiger charge is 2.30. The van der Waals surface area contributed by atoms with Crippen LogP contribution in [0, 0.1) is 11.3 Å². The van der Waals surface area contributed by atoms with E-state index in [0.717, 1.165) is 48.9 Å². The van der Waals surface area contributed by atoms with Crippen LogP contribution >= 0.6 is 20.2 Å². The first-order valence-corrected chi connectivity index (χ1v) is 21.3. The highest BCUT2D eigenvalue weighted by Crippen LogP contribution is 2.38. The molecular weight excluding hydrogens is 697 g/mol. The Morgan fingerprint density at radius 1 is 0.942 bits per heavy atom. The van der Waals surface area contributed by atoms with E-state index in [-0.39, 0.29) is 31.5 Å². The van der Waals surface area contributed by atoms with Crippen molar-refractivity contribution in [2.45, 2.75) is 160 Å². The summed E-state index contributed by atoms with van der Waals surface area (Å²) in [4.78, 5) is 14.7. The lowest BCUT2D eigenvalue weighted by atomic mass is 10.0. The van der Waals surface area contributed by atoms with E-state index < -0.39 is 8.60 Å². The molecule has 3 heterocycles. The van der Waals surface area contributed by atoms with E-state index in [1.165, 1.54) is 103 Å². The van der Waals surface area contributed by atoms with Crippen LogP contribution in [0.4, 0.5) is 5.82 Å². The van der Waals surface area contributed by atoms with E-state index in [1.807, 2.05) is 18.2 Å². The van der Waals surface area contributed by atoms with Crippen molar-refractivity contribution in [2.24, 2.45) is 0 Å². The SMILES string of the molecule is CCCCCCCCCCCCCCCCCCCC(COP(O)OCC1CCC(c2ccc3c(N)ncnn23)O1)OCc1ccc(C#N)c(Cl)c1. The van der Waals surface area contributed by atoms with Crippen molar-refractivity contribution >= 4 is 31.5 Å². The van der Waals surface area contributed by atoms with Gasteiger partial charge in [-0.15, -0.1) is 0 Å². The van der Waals surface area contributed by atoms with E-state index in [1.54, 1.807) is 16.6 Å². The molecule has 1 saturated heterocycles. The van der Waals surface area contributed by atoms with Gasteiger partial charge in [0.1, 0.15) is 24.0 Å². The molecule has 0 spiro atoms. The number of benzene rings is 1. The Morgan fingerprint density at radius 2 is 1.60 bits per heavy atom. The van der Waals surface area contributed by atoms with E-state index in [4.69, 9.17) is 35.9 Å². The predicted molar refractivity (Wildman–Crippen MR) is 209 cm³/mol. The summed E-state index contributed by atoms with van der Waals surface area (Å²) >= 11 is 6.25. The van der Waals surface area contributed by atoms with Crippen molar-refractivity contribution < 1.29 is 23.4 Å². The van der Waals surface area contributed by atoms with Crippen LogP contribution in [-0.4, -0.2) is 44.9 Å². The number of halogens is 1. The minimum Gasteiger partial charge on any atom is -0.382 e. The van der Waals surface area contributed by atoms with Crippen LogP contribution in [0.1, 0.15) is 158 Å². The van der Waals surface area contributed by atoms with Gasteiger partial charge < -0.3 is 29.1 Å². The molecule has 1 aliphatic rings. The fourth-order valence-electron chi connectivity index (χ4n) is 6.86. The second-order valence-corrected chi connectivity index (χ2v) is 15.6. The lowest BCUT2D eigenvalue weighted by molar-refractivity contribution is -0.00964. The van der Waals surface area contributed by atoms with Gasteiger partial charge in [-0.1, -0.05) is 134 Å². The fraction of sp³-hybridized carbons (Fsp3) is 0.675. The van der Waals surface area contributed by atoms with Crippen molar-refractivity contribution in [2.75, 3.05) is 18.9 Å². The van der Waals surface area contributed by atoms with Crippen molar-refractivity contribution in [1.29, 1.82) is 5.26 Å². The van der Waals surface area contributed by atoms with Crippen molar-refractivity contribution in [3.63, 3.8) is 0 Å². The second kappa shape index (κ2) is 24.9. The largest absolute Gasteiger partial charge is 0.382 e. The molecule has 3 aromatic rings. The van der Waals surface area contributed by atoms with Crippen LogP contribution in [0.3, 0.4) is 0 Å². The van der Waals surface area contributed by atoms with Gasteiger partial charge in [0, 0.05) is 0 Å². The van der Waals surface area contributed by atoms with Gasteiger partial charge in [-0.2, -0.15) is 10.4 Å². The molecule has 4 unspecified atom stereocenters. The average molecular weight is 758 g/mol. The summed E-state index contributed by atoms with van der Waals surface area (Å²) in [5, 5.41) is 13.9. The number of rotatable bonds is 28. The van der Waals surface area contributed by atoms with Crippen LogP contribution < -0.4 is 5.73 Å². The maximum absolute atomic E-state index is 10.6. The maximum Gasteiger partial charge on any atom is 0.330 e. The normalized spacial score (nSPS) is 17.1. The predicted octanol–water partition coefficient (Wildman–Crippen LogP) is 10.9. The van der Waals surface area contributed by atoms with Crippen LogP contribution in [-0.2, 0) is 25.1 Å². The van der Waals surface area contributed by atoms with Gasteiger partial charge in [0.25, 0.3) is 0 Å². The van der Waals surface area contributed by atoms with Crippen LogP contribution in [0.5, 0.6) is 0 Å². The Labute approximate surface area is 317 Å². The zero-order valence-corrected chi connectivity index (χ0v) is 32.9.